The van der Waals surface area contributed by atoms with Crippen LogP contribution in [0.1, 0.15) is 24.3 Å². The molecule has 1 saturated heterocycles. The van der Waals surface area contributed by atoms with Gasteiger partial charge in [-0.2, -0.15) is 0 Å². The SMILES string of the molecule is C(=CN1CCCCC1)c1nc2ccccc2s1. The molecule has 0 aliphatic carbocycles. The van der Waals surface area contributed by atoms with Gasteiger partial charge in [0.15, 0.2) is 0 Å². The Morgan fingerprint density at radius 1 is 1.12 bits per heavy atom. The molecule has 0 bridgehead atoms. The zero-order chi connectivity index (χ0) is 11.5. The van der Waals surface area contributed by atoms with Crippen molar-refractivity contribution in [2.45, 2.75) is 19.3 Å². The molecule has 1 aromatic carbocycles. The van der Waals surface area contributed by atoms with Gasteiger partial charge in [-0.1, -0.05) is 12.1 Å². The first-order chi connectivity index (χ1) is 8.42. The number of piperidine rings is 1. The van der Waals surface area contributed by atoms with Gasteiger partial charge in [0, 0.05) is 19.3 Å². The van der Waals surface area contributed by atoms with E-state index in [4.69, 9.17) is 0 Å². The standard InChI is InChI=1S/C14H16N2S/c1-4-9-16(10-5-1)11-8-14-15-12-6-2-3-7-13(12)17-14/h2-3,6-8,11H,1,4-5,9-10H2. The highest BCUT2D eigenvalue weighted by atomic mass is 32.1. The van der Waals surface area contributed by atoms with E-state index in [1.165, 1.54) is 37.1 Å². The normalized spacial score (nSPS) is 17.1. The average molecular weight is 244 g/mol. The summed E-state index contributed by atoms with van der Waals surface area (Å²) in [5, 5.41) is 1.11. The van der Waals surface area contributed by atoms with Crippen LogP contribution in [-0.2, 0) is 0 Å². The third-order valence-electron chi connectivity index (χ3n) is 3.13. The van der Waals surface area contributed by atoms with Crippen molar-refractivity contribution in [1.82, 2.24) is 9.88 Å². The van der Waals surface area contributed by atoms with E-state index in [1.54, 1.807) is 11.3 Å². The third-order valence-corrected chi connectivity index (χ3v) is 4.13. The molecule has 2 aromatic rings. The van der Waals surface area contributed by atoms with Crippen LogP contribution < -0.4 is 0 Å². The van der Waals surface area contributed by atoms with Gasteiger partial charge >= 0.3 is 0 Å². The van der Waals surface area contributed by atoms with E-state index in [1.807, 2.05) is 6.07 Å². The molecule has 0 N–H and O–H groups in total. The molecule has 0 amide bonds. The molecule has 17 heavy (non-hydrogen) atoms. The fraction of sp³-hybridized carbons (Fsp3) is 0.357. The maximum atomic E-state index is 4.60. The molecule has 0 unspecified atom stereocenters. The fourth-order valence-electron chi connectivity index (χ4n) is 2.20. The maximum Gasteiger partial charge on any atom is 0.118 e. The van der Waals surface area contributed by atoms with Gasteiger partial charge < -0.3 is 4.90 Å². The summed E-state index contributed by atoms with van der Waals surface area (Å²) in [6, 6.07) is 8.31. The van der Waals surface area contributed by atoms with Crippen molar-refractivity contribution in [2.75, 3.05) is 13.1 Å². The van der Waals surface area contributed by atoms with E-state index >= 15 is 0 Å². The summed E-state index contributed by atoms with van der Waals surface area (Å²) in [5.41, 5.74) is 1.11. The summed E-state index contributed by atoms with van der Waals surface area (Å²) in [6.45, 7) is 2.39. The van der Waals surface area contributed by atoms with Crippen molar-refractivity contribution in [3.05, 3.63) is 35.5 Å². The zero-order valence-corrected chi connectivity index (χ0v) is 10.6. The molecule has 0 atom stereocenters. The van der Waals surface area contributed by atoms with Crippen LogP contribution in [0.2, 0.25) is 0 Å². The number of hydrogen-bond donors (Lipinski definition) is 0. The first-order valence-electron chi connectivity index (χ1n) is 6.20. The minimum Gasteiger partial charge on any atom is -0.377 e. The van der Waals surface area contributed by atoms with Crippen molar-refractivity contribution in [3.63, 3.8) is 0 Å². The summed E-state index contributed by atoms with van der Waals surface area (Å²) in [7, 11) is 0. The van der Waals surface area contributed by atoms with Crippen molar-refractivity contribution < 1.29 is 0 Å². The Morgan fingerprint density at radius 2 is 1.94 bits per heavy atom. The van der Waals surface area contributed by atoms with Crippen LogP contribution in [-0.4, -0.2) is 23.0 Å². The molecular weight excluding hydrogens is 228 g/mol. The molecule has 3 rings (SSSR count). The largest absolute Gasteiger partial charge is 0.377 e. The summed E-state index contributed by atoms with van der Waals surface area (Å²) in [4.78, 5) is 7.00. The quantitative estimate of drug-likeness (QED) is 0.799. The Bertz CT molecular complexity index is 491. The molecule has 1 aliphatic heterocycles. The van der Waals surface area contributed by atoms with Gasteiger partial charge in [0.1, 0.15) is 5.01 Å². The molecular formula is C14H16N2S. The van der Waals surface area contributed by atoms with Crippen LogP contribution in [0.25, 0.3) is 16.3 Å². The Balaban J connectivity index is 1.77. The van der Waals surface area contributed by atoms with Crippen LogP contribution >= 0.6 is 11.3 Å². The van der Waals surface area contributed by atoms with E-state index in [9.17, 15) is 0 Å². The van der Waals surface area contributed by atoms with Gasteiger partial charge in [-0.05, 0) is 37.5 Å². The van der Waals surface area contributed by atoms with Crippen LogP contribution in [0.4, 0.5) is 0 Å². The molecule has 1 aliphatic rings. The molecule has 1 fully saturated rings. The summed E-state index contributed by atoms with van der Waals surface area (Å²) in [6.07, 6.45) is 8.38. The molecule has 88 valence electrons. The van der Waals surface area contributed by atoms with Crippen LogP contribution in [0.5, 0.6) is 0 Å². The van der Waals surface area contributed by atoms with Gasteiger partial charge in [-0.25, -0.2) is 4.98 Å². The maximum absolute atomic E-state index is 4.60. The topological polar surface area (TPSA) is 16.1 Å². The number of hydrogen-bond acceptors (Lipinski definition) is 3. The number of likely N-dealkylation sites (tertiary alicyclic amines) is 1. The second kappa shape index (κ2) is 4.88. The van der Waals surface area contributed by atoms with Gasteiger partial charge in [-0.15, -0.1) is 11.3 Å². The zero-order valence-electron chi connectivity index (χ0n) is 9.80. The highest BCUT2D eigenvalue weighted by molar-refractivity contribution is 7.19. The number of nitrogens with zero attached hydrogens (tertiary/aromatic N) is 2. The lowest BCUT2D eigenvalue weighted by molar-refractivity contribution is 0.311. The minimum atomic E-state index is 1.11. The smallest absolute Gasteiger partial charge is 0.118 e. The van der Waals surface area contributed by atoms with E-state index in [-0.39, 0.29) is 0 Å². The predicted octanol–water partition coefficient (Wildman–Crippen LogP) is 3.75. The van der Waals surface area contributed by atoms with Crippen molar-refractivity contribution >= 4 is 27.6 Å². The number of benzene rings is 1. The van der Waals surface area contributed by atoms with Crippen molar-refractivity contribution in [2.24, 2.45) is 0 Å². The second-order valence-corrected chi connectivity index (χ2v) is 5.49. The Kier molecular flexibility index (Phi) is 3.10. The van der Waals surface area contributed by atoms with Crippen LogP contribution in [0.15, 0.2) is 30.5 Å². The molecule has 2 nitrogen and oxygen atoms in total. The van der Waals surface area contributed by atoms with Crippen molar-refractivity contribution in [3.8, 4) is 0 Å². The molecule has 1 aromatic heterocycles. The highest BCUT2D eigenvalue weighted by Crippen LogP contribution is 2.22. The molecule has 0 spiro atoms. The lowest BCUT2D eigenvalue weighted by atomic mass is 10.1. The molecule has 2 heterocycles. The molecule has 0 saturated carbocycles. The highest BCUT2D eigenvalue weighted by Gasteiger charge is 2.05. The van der Waals surface area contributed by atoms with Crippen molar-refractivity contribution in [1.29, 1.82) is 0 Å². The van der Waals surface area contributed by atoms with Gasteiger partial charge in [0.2, 0.25) is 0 Å². The first-order valence-corrected chi connectivity index (χ1v) is 7.01. The fourth-order valence-corrected chi connectivity index (χ4v) is 3.06. The number of rotatable bonds is 2. The van der Waals surface area contributed by atoms with Crippen LogP contribution in [0.3, 0.4) is 0 Å². The Hall–Kier alpha value is -1.35. The predicted molar refractivity (Wildman–Crippen MR) is 74.1 cm³/mol. The Morgan fingerprint density at radius 3 is 2.76 bits per heavy atom. The summed E-state index contributed by atoms with van der Waals surface area (Å²) in [5.74, 6) is 0. The van der Waals surface area contributed by atoms with E-state index in [2.05, 4.69) is 40.4 Å². The van der Waals surface area contributed by atoms with Gasteiger partial charge in [0.25, 0.3) is 0 Å². The summed E-state index contributed by atoms with van der Waals surface area (Å²) < 4.78 is 1.27. The van der Waals surface area contributed by atoms with E-state index in [0.29, 0.717) is 0 Å². The number of fused-ring (bicyclic) bond motifs is 1. The monoisotopic (exact) mass is 244 g/mol. The third kappa shape index (κ3) is 2.50. The van der Waals surface area contributed by atoms with Gasteiger partial charge in [0.05, 0.1) is 10.2 Å². The number of aromatic nitrogens is 1. The minimum absolute atomic E-state index is 1.11. The number of para-hydroxylation sites is 1. The molecule has 3 heteroatoms. The lowest BCUT2D eigenvalue weighted by Gasteiger charge is -2.24. The lowest BCUT2D eigenvalue weighted by Crippen LogP contribution is -2.23. The van der Waals surface area contributed by atoms with Crippen LogP contribution in [0, 0.1) is 0 Å². The van der Waals surface area contributed by atoms with Gasteiger partial charge in [-0.3, -0.25) is 0 Å². The Labute approximate surface area is 106 Å². The molecule has 0 radical (unpaired) electrons. The number of thiazole rings is 1. The second-order valence-electron chi connectivity index (χ2n) is 4.43. The first kappa shape index (κ1) is 10.8. The van der Waals surface area contributed by atoms with E-state index < -0.39 is 0 Å². The average Bonchev–Trinajstić information content (AvgIpc) is 2.80. The summed E-state index contributed by atoms with van der Waals surface area (Å²) >= 11 is 1.76. The van der Waals surface area contributed by atoms with E-state index in [0.717, 1.165) is 10.5 Å².